The zero-order valence-electron chi connectivity index (χ0n) is 15.8. The Morgan fingerprint density at radius 1 is 1.38 bits per heavy atom. The van der Waals surface area contributed by atoms with Gasteiger partial charge in [0.15, 0.2) is 0 Å². The lowest BCUT2D eigenvalue weighted by atomic mass is 10.1. The molecule has 0 aliphatic rings. The summed E-state index contributed by atoms with van der Waals surface area (Å²) in [6, 6.07) is -1.28. The number of nitrogens with zero attached hydrogens (tertiary/aromatic N) is 5. The van der Waals surface area contributed by atoms with Gasteiger partial charge in [0.05, 0.1) is 0 Å². The van der Waals surface area contributed by atoms with Gasteiger partial charge in [-0.1, -0.05) is 20.8 Å². The first-order valence-corrected chi connectivity index (χ1v) is 8.18. The van der Waals surface area contributed by atoms with Gasteiger partial charge in [-0.2, -0.15) is 18.3 Å². The van der Waals surface area contributed by atoms with E-state index in [0.29, 0.717) is 11.2 Å². The molecule has 1 heterocycles. The van der Waals surface area contributed by atoms with Crippen LogP contribution in [0.3, 0.4) is 0 Å². The van der Waals surface area contributed by atoms with Gasteiger partial charge in [0.2, 0.25) is 5.95 Å². The third-order valence-corrected chi connectivity index (χ3v) is 3.44. The summed E-state index contributed by atoms with van der Waals surface area (Å²) in [5.41, 5.74) is -3.47. The second-order valence-corrected chi connectivity index (χ2v) is 6.79. The number of aromatic nitrogens is 3. The number of nitrogens with one attached hydrogen (secondary N) is 1. The summed E-state index contributed by atoms with van der Waals surface area (Å²) >= 11 is 0. The molecule has 1 aromatic heterocycles. The SMILES string of the molecule is CCCN(C)c1nn(C(=O)NC(C)(C)C(F)(F)F)c(=O)n1N=CC(C)C. The van der Waals surface area contributed by atoms with Crippen LogP contribution in [-0.2, 0) is 0 Å². The van der Waals surface area contributed by atoms with Gasteiger partial charge in [-0.05, 0) is 26.2 Å². The topological polar surface area (TPSA) is 84.5 Å². The van der Waals surface area contributed by atoms with Gasteiger partial charge in [-0.15, -0.1) is 14.5 Å². The van der Waals surface area contributed by atoms with Gasteiger partial charge in [-0.25, -0.2) is 9.59 Å². The molecule has 0 atom stereocenters. The number of carbonyl (C=O) groups is 1. The van der Waals surface area contributed by atoms with Crippen LogP contribution in [0, 0.1) is 5.92 Å². The van der Waals surface area contributed by atoms with Gasteiger partial charge in [0, 0.05) is 19.8 Å². The molecule has 0 bridgehead atoms. The highest BCUT2D eigenvalue weighted by Crippen LogP contribution is 2.29. The Kier molecular flexibility index (Phi) is 6.61. The molecule has 1 rings (SSSR count). The molecule has 11 heteroatoms. The molecular formula is C15H25F3N6O2. The predicted molar refractivity (Wildman–Crippen MR) is 92.8 cm³/mol. The van der Waals surface area contributed by atoms with Crippen molar-refractivity contribution in [3.05, 3.63) is 10.5 Å². The summed E-state index contributed by atoms with van der Waals surface area (Å²) in [6.07, 6.45) is -2.47. The Balaban J connectivity index is 3.34. The van der Waals surface area contributed by atoms with E-state index < -0.39 is 23.4 Å². The van der Waals surface area contributed by atoms with Crippen molar-refractivity contribution in [3.8, 4) is 0 Å². The first kappa shape index (κ1) is 21.7. The normalized spacial score (nSPS) is 12.8. The van der Waals surface area contributed by atoms with Crippen molar-refractivity contribution in [2.75, 3.05) is 18.5 Å². The van der Waals surface area contributed by atoms with Crippen molar-refractivity contribution in [1.29, 1.82) is 0 Å². The predicted octanol–water partition coefficient (Wildman–Crippen LogP) is 2.28. The van der Waals surface area contributed by atoms with Crippen molar-refractivity contribution >= 4 is 18.2 Å². The molecule has 148 valence electrons. The highest BCUT2D eigenvalue weighted by Gasteiger charge is 2.49. The van der Waals surface area contributed by atoms with E-state index in [1.807, 2.05) is 20.8 Å². The summed E-state index contributed by atoms with van der Waals surface area (Å²) in [7, 11) is 1.65. The van der Waals surface area contributed by atoms with Crippen LogP contribution in [0.25, 0.3) is 0 Å². The van der Waals surface area contributed by atoms with Crippen molar-refractivity contribution in [3.63, 3.8) is 0 Å². The highest BCUT2D eigenvalue weighted by molar-refractivity contribution is 5.76. The Morgan fingerprint density at radius 2 is 1.96 bits per heavy atom. The fourth-order valence-corrected chi connectivity index (χ4v) is 1.85. The monoisotopic (exact) mass is 378 g/mol. The van der Waals surface area contributed by atoms with Gasteiger partial charge < -0.3 is 10.2 Å². The maximum atomic E-state index is 13.0. The lowest BCUT2D eigenvalue weighted by molar-refractivity contribution is -0.182. The number of halogens is 3. The van der Waals surface area contributed by atoms with E-state index in [1.165, 1.54) is 6.21 Å². The first-order valence-electron chi connectivity index (χ1n) is 8.18. The minimum atomic E-state index is -4.69. The van der Waals surface area contributed by atoms with Gasteiger partial charge in [0.1, 0.15) is 5.54 Å². The largest absolute Gasteiger partial charge is 0.411 e. The van der Waals surface area contributed by atoms with Crippen LogP contribution >= 0.6 is 0 Å². The quantitative estimate of drug-likeness (QED) is 0.770. The molecule has 0 fully saturated rings. The van der Waals surface area contributed by atoms with Crippen LogP contribution in [0.2, 0.25) is 0 Å². The fraction of sp³-hybridized carbons (Fsp3) is 0.733. The number of hydrogen-bond donors (Lipinski definition) is 1. The van der Waals surface area contributed by atoms with Gasteiger partial charge in [-0.3, -0.25) is 0 Å². The number of carbonyl (C=O) groups excluding carboxylic acids is 1. The highest BCUT2D eigenvalue weighted by atomic mass is 19.4. The molecule has 0 radical (unpaired) electrons. The van der Waals surface area contributed by atoms with E-state index in [4.69, 9.17) is 0 Å². The summed E-state index contributed by atoms with van der Waals surface area (Å²) in [5, 5.41) is 9.66. The molecule has 0 aromatic carbocycles. The van der Waals surface area contributed by atoms with E-state index in [-0.39, 0.29) is 11.9 Å². The smallest absolute Gasteiger partial charge is 0.342 e. The summed E-state index contributed by atoms with van der Waals surface area (Å²) in [4.78, 5) is 26.3. The minimum Gasteiger partial charge on any atom is -0.342 e. The number of amides is 1. The van der Waals surface area contributed by atoms with E-state index >= 15 is 0 Å². The molecule has 0 saturated heterocycles. The number of rotatable bonds is 6. The maximum Gasteiger partial charge on any atom is 0.411 e. The van der Waals surface area contributed by atoms with Crippen molar-refractivity contribution in [2.24, 2.45) is 11.0 Å². The Hall–Kier alpha value is -2.33. The van der Waals surface area contributed by atoms with E-state index in [9.17, 15) is 22.8 Å². The molecular weight excluding hydrogens is 353 g/mol. The standard InChI is InChI=1S/C15H25F3N6O2/c1-7-8-22(6)11-21-24(13(26)23(11)19-9-10(2)3)12(25)20-14(4,5)15(16,17)18/h9-10H,7-8H2,1-6H3,(H,20,25). The minimum absolute atomic E-state index is 0.0209. The molecule has 0 spiro atoms. The molecule has 0 aliphatic carbocycles. The molecule has 0 aliphatic heterocycles. The van der Waals surface area contributed by atoms with E-state index in [0.717, 1.165) is 24.9 Å². The second-order valence-electron chi connectivity index (χ2n) is 6.79. The maximum absolute atomic E-state index is 13.0. The number of hydrogen-bond acceptors (Lipinski definition) is 5. The number of anilines is 1. The average molecular weight is 378 g/mol. The average Bonchev–Trinajstić information content (AvgIpc) is 2.80. The van der Waals surface area contributed by atoms with Crippen molar-refractivity contribution in [2.45, 2.75) is 52.8 Å². The van der Waals surface area contributed by atoms with Crippen molar-refractivity contribution in [1.82, 2.24) is 19.8 Å². The molecule has 1 aromatic rings. The van der Waals surface area contributed by atoms with Crippen molar-refractivity contribution < 1.29 is 18.0 Å². The third-order valence-electron chi connectivity index (χ3n) is 3.44. The zero-order chi connectivity index (χ0) is 20.3. The van der Waals surface area contributed by atoms with Crippen LogP contribution in [0.1, 0.15) is 41.0 Å². The van der Waals surface area contributed by atoms with Crippen LogP contribution in [0.4, 0.5) is 23.9 Å². The Labute approximate surface area is 149 Å². The summed E-state index contributed by atoms with van der Waals surface area (Å²) < 4.78 is 40.2. The number of alkyl halides is 3. The lowest BCUT2D eigenvalue weighted by Crippen LogP contribution is -2.56. The van der Waals surface area contributed by atoms with Crippen LogP contribution in [0.5, 0.6) is 0 Å². The van der Waals surface area contributed by atoms with Crippen LogP contribution in [-0.4, -0.2) is 52.0 Å². The van der Waals surface area contributed by atoms with Crippen LogP contribution < -0.4 is 15.9 Å². The summed E-state index contributed by atoms with van der Waals surface area (Å²) in [6.45, 7) is 7.71. The van der Waals surface area contributed by atoms with Crippen LogP contribution in [0.15, 0.2) is 9.90 Å². The summed E-state index contributed by atoms with van der Waals surface area (Å²) in [5.74, 6) is 0.0845. The fourth-order valence-electron chi connectivity index (χ4n) is 1.85. The Bertz CT molecular complexity index is 718. The molecule has 1 amide bonds. The second kappa shape index (κ2) is 7.92. The molecule has 0 saturated carbocycles. The first-order chi connectivity index (χ1) is 11.8. The van der Waals surface area contributed by atoms with E-state index in [2.05, 4.69) is 10.2 Å². The van der Waals surface area contributed by atoms with Gasteiger partial charge >= 0.3 is 17.9 Å². The molecule has 0 unspecified atom stereocenters. The molecule has 26 heavy (non-hydrogen) atoms. The third kappa shape index (κ3) is 4.85. The van der Waals surface area contributed by atoms with E-state index in [1.54, 1.807) is 17.3 Å². The molecule has 8 nitrogen and oxygen atoms in total. The zero-order valence-corrected chi connectivity index (χ0v) is 15.8. The van der Waals surface area contributed by atoms with Gasteiger partial charge in [0.25, 0.3) is 0 Å². The Morgan fingerprint density at radius 3 is 2.42 bits per heavy atom. The molecule has 1 N–H and O–H groups in total. The lowest BCUT2D eigenvalue weighted by Gasteiger charge is -2.28.